The first-order valence-electron chi connectivity index (χ1n) is 8.71. The first kappa shape index (κ1) is 16.4. The molecule has 0 atom stereocenters. The third kappa shape index (κ3) is 3.08. The summed E-state index contributed by atoms with van der Waals surface area (Å²) in [5.41, 5.74) is 2.74. The van der Waals surface area contributed by atoms with Crippen molar-refractivity contribution in [3.63, 3.8) is 0 Å². The number of carboxylic acids is 1. The van der Waals surface area contributed by atoms with Crippen molar-refractivity contribution in [2.75, 3.05) is 5.32 Å². The Labute approximate surface area is 149 Å². The molecule has 0 fully saturated rings. The summed E-state index contributed by atoms with van der Waals surface area (Å²) in [6.07, 6.45) is 6.61. The highest BCUT2D eigenvalue weighted by atomic mass is 16.5. The van der Waals surface area contributed by atoms with Gasteiger partial charge in [-0.05, 0) is 43.5 Å². The van der Waals surface area contributed by atoms with Crippen LogP contribution in [-0.2, 0) is 24.2 Å². The van der Waals surface area contributed by atoms with Crippen molar-refractivity contribution in [2.45, 2.75) is 38.6 Å². The Balaban J connectivity index is 1.56. The lowest BCUT2D eigenvalue weighted by atomic mass is 10.1. The van der Waals surface area contributed by atoms with Gasteiger partial charge < -0.3 is 19.5 Å². The predicted octanol–water partition coefficient (Wildman–Crippen LogP) is 3.24. The molecule has 0 unspecified atom stereocenters. The minimum atomic E-state index is -0.897. The first-order valence-corrected chi connectivity index (χ1v) is 8.71. The summed E-state index contributed by atoms with van der Waals surface area (Å²) < 4.78 is 7.02. The number of carboxylic acid groups (broad SMARTS) is 1. The number of aryl methyl sites for hydroxylation is 1. The second-order valence-corrected chi connectivity index (χ2v) is 6.56. The molecule has 0 aliphatic heterocycles. The van der Waals surface area contributed by atoms with Crippen molar-refractivity contribution in [1.29, 1.82) is 0 Å². The van der Waals surface area contributed by atoms with Crippen LogP contribution in [0.3, 0.4) is 0 Å². The summed E-state index contributed by atoms with van der Waals surface area (Å²) in [6.45, 7) is -0.0969. The molecular formula is C19H19N3O4. The quantitative estimate of drug-likeness (QED) is 0.702. The van der Waals surface area contributed by atoms with Crippen molar-refractivity contribution >= 4 is 28.5 Å². The van der Waals surface area contributed by atoms with E-state index in [1.54, 1.807) is 22.9 Å². The van der Waals surface area contributed by atoms with Gasteiger partial charge in [0.2, 0.25) is 0 Å². The number of amides is 1. The van der Waals surface area contributed by atoms with E-state index in [1.807, 2.05) is 12.1 Å². The van der Waals surface area contributed by atoms with Gasteiger partial charge in [-0.1, -0.05) is 11.6 Å². The molecule has 0 saturated heterocycles. The van der Waals surface area contributed by atoms with Crippen molar-refractivity contribution in [3.8, 4) is 0 Å². The standard InChI is InChI=1S/C19H19N3O4/c23-17(24)11-22-9-8-12-10-13(6-7-15(12)22)20-19(25)18-14-4-2-1-3-5-16(14)26-21-18/h6-10H,1-5,11H2,(H,20,25)(H,23,24). The summed E-state index contributed by atoms with van der Waals surface area (Å²) in [7, 11) is 0. The van der Waals surface area contributed by atoms with Crippen LogP contribution in [0, 0.1) is 0 Å². The number of carbonyl (C=O) groups excluding carboxylic acids is 1. The molecule has 0 saturated carbocycles. The van der Waals surface area contributed by atoms with Gasteiger partial charge in [0.1, 0.15) is 12.3 Å². The van der Waals surface area contributed by atoms with Crippen molar-refractivity contribution in [3.05, 3.63) is 47.5 Å². The lowest BCUT2D eigenvalue weighted by molar-refractivity contribution is -0.137. The van der Waals surface area contributed by atoms with Gasteiger partial charge in [0, 0.05) is 34.8 Å². The van der Waals surface area contributed by atoms with Gasteiger partial charge in [-0.15, -0.1) is 0 Å². The molecule has 4 rings (SSSR count). The lowest BCUT2D eigenvalue weighted by Crippen LogP contribution is -2.14. The Bertz CT molecular complexity index is 986. The first-order chi connectivity index (χ1) is 12.6. The SMILES string of the molecule is O=C(O)Cn1ccc2cc(NC(=O)c3noc4c3CCCCC4)ccc21. The molecule has 0 spiro atoms. The number of hydrogen-bond acceptors (Lipinski definition) is 4. The Hall–Kier alpha value is -3.09. The number of nitrogens with zero attached hydrogens (tertiary/aromatic N) is 2. The molecule has 1 amide bonds. The minimum Gasteiger partial charge on any atom is -0.480 e. The van der Waals surface area contributed by atoms with Crippen LogP contribution >= 0.6 is 0 Å². The maximum atomic E-state index is 12.6. The van der Waals surface area contributed by atoms with Crippen LogP contribution < -0.4 is 5.32 Å². The zero-order valence-corrected chi connectivity index (χ0v) is 14.2. The molecular weight excluding hydrogens is 334 g/mol. The van der Waals surface area contributed by atoms with Crippen molar-refractivity contribution < 1.29 is 19.2 Å². The molecule has 0 radical (unpaired) electrons. The van der Waals surface area contributed by atoms with Gasteiger partial charge in [-0.25, -0.2) is 0 Å². The number of nitrogens with one attached hydrogen (secondary N) is 1. The Morgan fingerprint density at radius 2 is 2.04 bits per heavy atom. The van der Waals surface area contributed by atoms with E-state index in [0.29, 0.717) is 11.4 Å². The maximum absolute atomic E-state index is 12.6. The number of aromatic nitrogens is 2. The third-order valence-electron chi connectivity index (χ3n) is 4.75. The van der Waals surface area contributed by atoms with E-state index in [9.17, 15) is 9.59 Å². The number of hydrogen-bond donors (Lipinski definition) is 2. The molecule has 1 aliphatic carbocycles. The van der Waals surface area contributed by atoms with Crippen LogP contribution in [0.1, 0.15) is 41.1 Å². The van der Waals surface area contributed by atoms with Gasteiger partial charge in [0.25, 0.3) is 5.91 Å². The van der Waals surface area contributed by atoms with Crippen LogP contribution in [0.4, 0.5) is 5.69 Å². The predicted molar refractivity (Wildman–Crippen MR) is 95.3 cm³/mol. The average molecular weight is 353 g/mol. The average Bonchev–Trinajstić information content (AvgIpc) is 3.11. The fraction of sp³-hybridized carbons (Fsp3) is 0.316. The fourth-order valence-corrected chi connectivity index (χ4v) is 3.49. The Morgan fingerprint density at radius 1 is 1.19 bits per heavy atom. The summed E-state index contributed by atoms with van der Waals surface area (Å²) in [5, 5.41) is 16.7. The van der Waals surface area contributed by atoms with Crippen LogP contribution in [-0.4, -0.2) is 26.7 Å². The highest BCUT2D eigenvalue weighted by molar-refractivity contribution is 6.04. The number of aliphatic carboxylic acids is 1. The zero-order valence-electron chi connectivity index (χ0n) is 14.2. The van der Waals surface area contributed by atoms with E-state index in [0.717, 1.165) is 54.3 Å². The minimum absolute atomic E-state index is 0.0969. The fourth-order valence-electron chi connectivity index (χ4n) is 3.49. The lowest BCUT2D eigenvalue weighted by Gasteiger charge is -2.06. The topological polar surface area (TPSA) is 97.4 Å². The number of anilines is 1. The molecule has 7 nitrogen and oxygen atoms in total. The van der Waals surface area contributed by atoms with Crippen LogP contribution in [0.25, 0.3) is 10.9 Å². The molecule has 2 heterocycles. The smallest absolute Gasteiger partial charge is 0.323 e. The molecule has 2 N–H and O–H groups in total. The summed E-state index contributed by atoms with van der Waals surface area (Å²) >= 11 is 0. The van der Waals surface area contributed by atoms with E-state index < -0.39 is 5.97 Å². The second kappa shape index (κ2) is 6.67. The monoisotopic (exact) mass is 353 g/mol. The number of benzene rings is 1. The van der Waals surface area contributed by atoms with Crippen LogP contribution in [0.2, 0.25) is 0 Å². The molecule has 1 aliphatic rings. The number of rotatable bonds is 4. The van der Waals surface area contributed by atoms with Gasteiger partial charge in [0.05, 0.1) is 0 Å². The number of fused-ring (bicyclic) bond motifs is 2. The van der Waals surface area contributed by atoms with E-state index in [2.05, 4.69) is 10.5 Å². The van der Waals surface area contributed by atoms with E-state index in [4.69, 9.17) is 9.63 Å². The third-order valence-corrected chi connectivity index (χ3v) is 4.75. The summed E-state index contributed by atoms with van der Waals surface area (Å²) in [5.74, 6) is -0.346. The van der Waals surface area contributed by atoms with Crippen LogP contribution in [0.5, 0.6) is 0 Å². The molecule has 7 heteroatoms. The van der Waals surface area contributed by atoms with Crippen molar-refractivity contribution in [1.82, 2.24) is 9.72 Å². The van der Waals surface area contributed by atoms with Crippen LogP contribution in [0.15, 0.2) is 35.0 Å². The van der Waals surface area contributed by atoms with E-state index in [1.165, 1.54) is 0 Å². The highest BCUT2D eigenvalue weighted by Crippen LogP contribution is 2.25. The largest absolute Gasteiger partial charge is 0.480 e. The Morgan fingerprint density at radius 3 is 2.88 bits per heavy atom. The van der Waals surface area contributed by atoms with Crippen molar-refractivity contribution in [2.24, 2.45) is 0 Å². The Kier molecular flexibility index (Phi) is 4.20. The number of carbonyl (C=O) groups is 2. The molecule has 3 aromatic rings. The normalized spacial score (nSPS) is 14.0. The van der Waals surface area contributed by atoms with Gasteiger partial charge in [-0.2, -0.15) is 0 Å². The van der Waals surface area contributed by atoms with Gasteiger partial charge in [-0.3, -0.25) is 9.59 Å². The van der Waals surface area contributed by atoms with Gasteiger partial charge in [0.15, 0.2) is 5.69 Å². The highest BCUT2D eigenvalue weighted by Gasteiger charge is 2.23. The molecule has 1 aromatic carbocycles. The van der Waals surface area contributed by atoms with E-state index in [-0.39, 0.29) is 12.5 Å². The maximum Gasteiger partial charge on any atom is 0.323 e. The molecule has 0 bridgehead atoms. The molecule has 26 heavy (non-hydrogen) atoms. The zero-order chi connectivity index (χ0) is 18.1. The van der Waals surface area contributed by atoms with Gasteiger partial charge >= 0.3 is 5.97 Å². The summed E-state index contributed by atoms with van der Waals surface area (Å²) in [6, 6.07) is 7.22. The molecule has 2 aromatic heterocycles. The second-order valence-electron chi connectivity index (χ2n) is 6.56. The van der Waals surface area contributed by atoms with E-state index >= 15 is 0 Å². The summed E-state index contributed by atoms with van der Waals surface area (Å²) in [4.78, 5) is 23.5. The molecule has 134 valence electrons.